The number of rotatable bonds is 8. The third-order valence-electron chi connectivity index (χ3n) is 8.92. The molecule has 1 saturated heterocycles. The number of alkyl carbamates (subject to hydrolysis) is 1. The minimum Gasteiger partial charge on any atom is -0.399 e. The van der Waals surface area contributed by atoms with Crippen LogP contribution in [0.3, 0.4) is 0 Å². The molecule has 10 heteroatoms. The second kappa shape index (κ2) is 12.1. The molecule has 2 aliphatic heterocycles. The number of ether oxygens (including phenoxy) is 1. The van der Waals surface area contributed by atoms with Crippen LogP contribution in [0.1, 0.15) is 59.9 Å². The first-order valence-electron chi connectivity index (χ1n) is 14.8. The third-order valence-corrected chi connectivity index (χ3v) is 8.92. The summed E-state index contributed by atoms with van der Waals surface area (Å²) in [5.74, 6) is 0.679. The first-order valence-corrected chi connectivity index (χ1v) is 14.8. The summed E-state index contributed by atoms with van der Waals surface area (Å²) in [6.45, 7) is 5.37. The Kier molecular flexibility index (Phi) is 8.06. The standard InChI is InChI=1S/C32H36FN5O4/c1-22-26(31(39)37-15-6-5-9-29(37)35-22)14-18-38(21-41-32(40)34-20-23-7-3-2-4-8-23)16-12-24(13-17-38)30-27-11-10-25(33)19-28(27)42-36-30/h2-4,7-8,10-11,19,24H,5-6,9,12-18,20-21H2,1H3/p+1. The van der Waals surface area contributed by atoms with Crippen molar-refractivity contribution >= 4 is 17.1 Å². The Bertz CT molecular complexity index is 1630. The molecule has 0 bridgehead atoms. The average molecular weight is 575 g/mol. The van der Waals surface area contributed by atoms with Crippen molar-refractivity contribution in [2.45, 2.75) is 64.5 Å². The molecule has 1 N–H and O–H groups in total. The van der Waals surface area contributed by atoms with Gasteiger partial charge in [-0.25, -0.2) is 14.2 Å². The molecule has 9 nitrogen and oxygen atoms in total. The number of amides is 1. The number of piperidine rings is 1. The van der Waals surface area contributed by atoms with Gasteiger partial charge in [0, 0.05) is 67.4 Å². The van der Waals surface area contributed by atoms with E-state index in [1.54, 1.807) is 6.07 Å². The van der Waals surface area contributed by atoms with Gasteiger partial charge in [-0.2, -0.15) is 0 Å². The minimum absolute atomic E-state index is 0.0630. The molecule has 0 radical (unpaired) electrons. The van der Waals surface area contributed by atoms with Crippen molar-refractivity contribution < 1.29 is 22.9 Å². The number of hydrogen-bond donors (Lipinski definition) is 1. The lowest BCUT2D eigenvalue weighted by Gasteiger charge is -2.42. The number of nitrogens with one attached hydrogen (secondary N) is 1. The first kappa shape index (κ1) is 28.1. The van der Waals surface area contributed by atoms with Gasteiger partial charge >= 0.3 is 6.09 Å². The van der Waals surface area contributed by atoms with E-state index in [4.69, 9.17) is 14.2 Å². The zero-order chi connectivity index (χ0) is 29.1. The number of benzene rings is 2. The van der Waals surface area contributed by atoms with Crippen LogP contribution >= 0.6 is 0 Å². The molecule has 0 saturated carbocycles. The predicted molar refractivity (Wildman–Crippen MR) is 155 cm³/mol. The summed E-state index contributed by atoms with van der Waals surface area (Å²) >= 11 is 0. The molecule has 2 aliphatic rings. The normalized spacial score (nSPS) is 20.3. The van der Waals surface area contributed by atoms with Gasteiger partial charge in [0.2, 0.25) is 6.73 Å². The Hall–Kier alpha value is -4.05. The van der Waals surface area contributed by atoms with Crippen molar-refractivity contribution in [1.82, 2.24) is 20.0 Å². The van der Waals surface area contributed by atoms with Crippen LogP contribution in [0.5, 0.6) is 0 Å². The van der Waals surface area contributed by atoms with E-state index < -0.39 is 6.09 Å². The zero-order valence-electron chi connectivity index (χ0n) is 24.0. The molecule has 2 aromatic heterocycles. The molecule has 0 unspecified atom stereocenters. The average Bonchev–Trinajstić information content (AvgIpc) is 3.43. The Labute approximate surface area is 243 Å². The van der Waals surface area contributed by atoms with Gasteiger partial charge < -0.3 is 14.6 Å². The van der Waals surface area contributed by atoms with E-state index in [1.165, 1.54) is 12.1 Å². The number of halogens is 1. The molecule has 42 heavy (non-hydrogen) atoms. The van der Waals surface area contributed by atoms with Crippen molar-refractivity contribution in [3.05, 3.63) is 93.0 Å². The second-order valence-corrected chi connectivity index (χ2v) is 11.7. The molecule has 0 spiro atoms. The Morgan fingerprint density at radius 2 is 1.98 bits per heavy atom. The van der Waals surface area contributed by atoms with E-state index in [1.807, 2.05) is 41.8 Å². The lowest BCUT2D eigenvalue weighted by Crippen LogP contribution is -2.56. The van der Waals surface area contributed by atoms with Crippen molar-refractivity contribution in [3.8, 4) is 0 Å². The van der Waals surface area contributed by atoms with Crippen molar-refractivity contribution in [2.24, 2.45) is 0 Å². The monoisotopic (exact) mass is 574 g/mol. The van der Waals surface area contributed by atoms with Crippen molar-refractivity contribution in [2.75, 3.05) is 26.4 Å². The maximum atomic E-state index is 13.7. The van der Waals surface area contributed by atoms with Crippen LogP contribution in [0.15, 0.2) is 57.8 Å². The molecular formula is C32H37FN5O4+. The zero-order valence-corrected chi connectivity index (χ0v) is 24.0. The van der Waals surface area contributed by atoms with Gasteiger partial charge in [0.1, 0.15) is 11.6 Å². The van der Waals surface area contributed by atoms with Gasteiger partial charge in [-0.15, -0.1) is 0 Å². The summed E-state index contributed by atoms with van der Waals surface area (Å²) in [4.78, 5) is 30.9. The molecule has 0 aliphatic carbocycles. The first-order chi connectivity index (χ1) is 20.4. The van der Waals surface area contributed by atoms with Gasteiger partial charge in [0.05, 0.1) is 25.3 Å². The maximum absolute atomic E-state index is 13.7. The number of aromatic nitrogens is 3. The lowest BCUT2D eigenvalue weighted by atomic mass is 9.90. The second-order valence-electron chi connectivity index (χ2n) is 11.7. The van der Waals surface area contributed by atoms with Crippen molar-refractivity contribution in [3.63, 3.8) is 0 Å². The van der Waals surface area contributed by atoms with Gasteiger partial charge in [0.15, 0.2) is 5.58 Å². The Morgan fingerprint density at radius 1 is 1.17 bits per heavy atom. The van der Waals surface area contributed by atoms with Gasteiger partial charge in [-0.1, -0.05) is 35.5 Å². The molecule has 1 amide bonds. The highest BCUT2D eigenvalue weighted by molar-refractivity contribution is 5.79. The molecule has 220 valence electrons. The lowest BCUT2D eigenvalue weighted by molar-refractivity contribution is -0.947. The number of quaternary nitrogens is 1. The molecule has 0 atom stereocenters. The summed E-state index contributed by atoms with van der Waals surface area (Å²) in [6, 6.07) is 14.2. The number of carbonyl (C=O) groups excluding carboxylic acids is 1. The van der Waals surface area contributed by atoms with Crippen LogP contribution in [0.4, 0.5) is 9.18 Å². The van der Waals surface area contributed by atoms with E-state index in [0.717, 1.165) is 85.5 Å². The van der Waals surface area contributed by atoms with Crippen LogP contribution in [-0.2, 0) is 30.7 Å². The number of nitrogens with zero attached hydrogens (tertiary/aromatic N) is 4. The van der Waals surface area contributed by atoms with Crippen LogP contribution in [-0.4, -0.2) is 51.6 Å². The number of aryl methyl sites for hydroxylation is 2. The van der Waals surface area contributed by atoms with Gasteiger partial charge in [-0.3, -0.25) is 13.8 Å². The SMILES string of the molecule is Cc1nc2n(c(=O)c1CC[N+]1(COC(=O)NCc3ccccc3)CCC(c3noc4cc(F)ccc34)CC1)CCCC2. The number of carbonyl (C=O) groups is 1. The van der Waals surface area contributed by atoms with E-state index in [9.17, 15) is 14.0 Å². The number of likely N-dealkylation sites (tertiary alicyclic amines) is 1. The topological polar surface area (TPSA) is 99.2 Å². The molecule has 4 heterocycles. The highest BCUT2D eigenvalue weighted by atomic mass is 19.1. The summed E-state index contributed by atoms with van der Waals surface area (Å²) in [6.07, 6.45) is 4.59. The predicted octanol–water partition coefficient (Wildman–Crippen LogP) is 4.99. The molecule has 4 aromatic rings. The largest absolute Gasteiger partial charge is 0.411 e. The fourth-order valence-electron chi connectivity index (χ4n) is 6.42. The van der Waals surface area contributed by atoms with Crippen LogP contribution in [0, 0.1) is 12.7 Å². The summed E-state index contributed by atoms with van der Waals surface area (Å²) in [5, 5.41) is 7.98. The fourth-order valence-corrected chi connectivity index (χ4v) is 6.42. The molecule has 1 fully saturated rings. The van der Waals surface area contributed by atoms with Crippen molar-refractivity contribution in [1.29, 1.82) is 0 Å². The Balaban J connectivity index is 1.18. The fraction of sp³-hybridized carbons (Fsp3) is 0.438. The summed E-state index contributed by atoms with van der Waals surface area (Å²) < 4.78 is 27.3. The molecular weight excluding hydrogens is 537 g/mol. The molecule has 2 aromatic carbocycles. The highest BCUT2D eigenvalue weighted by Gasteiger charge is 2.37. The number of fused-ring (bicyclic) bond motifs is 2. The maximum Gasteiger partial charge on any atom is 0.411 e. The van der Waals surface area contributed by atoms with Crippen LogP contribution in [0.25, 0.3) is 11.0 Å². The van der Waals surface area contributed by atoms with E-state index in [-0.39, 0.29) is 24.0 Å². The van der Waals surface area contributed by atoms with Gasteiger partial charge in [0.25, 0.3) is 5.56 Å². The van der Waals surface area contributed by atoms with Crippen LogP contribution < -0.4 is 10.9 Å². The van der Waals surface area contributed by atoms with E-state index in [2.05, 4.69) is 10.5 Å². The van der Waals surface area contributed by atoms with E-state index in [0.29, 0.717) is 29.6 Å². The van der Waals surface area contributed by atoms with Crippen LogP contribution in [0.2, 0.25) is 0 Å². The van der Waals surface area contributed by atoms with Gasteiger partial charge in [-0.05, 0) is 37.5 Å². The quantitative estimate of drug-likeness (QED) is 0.298. The third kappa shape index (κ3) is 5.94. The summed E-state index contributed by atoms with van der Waals surface area (Å²) in [7, 11) is 0. The Morgan fingerprint density at radius 3 is 2.79 bits per heavy atom. The smallest absolute Gasteiger partial charge is 0.399 e. The van der Waals surface area contributed by atoms with E-state index >= 15 is 0 Å². The molecule has 6 rings (SSSR count). The highest BCUT2D eigenvalue weighted by Crippen LogP contribution is 2.35. The number of hydrogen-bond acceptors (Lipinski definition) is 6. The summed E-state index contributed by atoms with van der Waals surface area (Å²) in [5.41, 5.74) is 3.90. The minimum atomic E-state index is -0.463.